The first-order valence-corrected chi connectivity index (χ1v) is 3.35. The summed E-state index contributed by atoms with van der Waals surface area (Å²) in [5.41, 5.74) is 0. The monoisotopic (exact) mass is 186 g/mol. The molecule has 0 N–H and O–H groups in total. The fraction of sp³-hybridized carbons (Fsp3) is 0.714. The second kappa shape index (κ2) is 3.78. The normalized spacial score (nSPS) is 12.8. The van der Waals surface area contributed by atoms with E-state index in [0.717, 1.165) is 6.92 Å². The Hall–Kier alpha value is -0.740. The van der Waals surface area contributed by atoms with Gasteiger partial charge in [0.15, 0.2) is 6.61 Å². The molecule has 1 nitrogen and oxygen atoms in total. The molecule has 12 heavy (non-hydrogen) atoms. The Morgan fingerprint density at radius 3 is 2.08 bits per heavy atom. The van der Waals surface area contributed by atoms with Crippen LogP contribution in [0.5, 0.6) is 0 Å². The van der Waals surface area contributed by atoms with Crippen LogP contribution in [0.2, 0.25) is 0 Å². The van der Waals surface area contributed by atoms with Gasteiger partial charge in [-0.05, 0) is 0 Å². The largest absolute Gasteiger partial charge is 0.495 e. The third-order valence-electron chi connectivity index (χ3n) is 1.36. The summed E-state index contributed by atoms with van der Waals surface area (Å²) in [5, 5.41) is 0. The van der Waals surface area contributed by atoms with E-state index in [4.69, 9.17) is 0 Å². The van der Waals surface area contributed by atoms with E-state index in [0.29, 0.717) is 6.26 Å². The summed E-state index contributed by atoms with van der Waals surface area (Å²) in [5.74, 6) is -8.15. The van der Waals surface area contributed by atoms with Gasteiger partial charge in [0.1, 0.15) is 0 Å². The van der Waals surface area contributed by atoms with Gasteiger partial charge in [0.05, 0.1) is 6.26 Å². The van der Waals surface area contributed by atoms with E-state index in [1.54, 1.807) is 0 Å². The average molecular weight is 186 g/mol. The molecule has 0 rings (SSSR count). The SMILES string of the molecule is C=COCC(F)(F)C(F)(F)CC. The lowest BCUT2D eigenvalue weighted by Crippen LogP contribution is -2.43. The zero-order valence-corrected chi connectivity index (χ0v) is 6.62. The number of hydrogen-bond acceptors (Lipinski definition) is 1. The minimum absolute atomic E-state index is 0.708. The summed E-state index contributed by atoms with van der Waals surface area (Å²) < 4.78 is 53.7. The summed E-state index contributed by atoms with van der Waals surface area (Å²) in [6, 6.07) is 0. The fourth-order valence-corrected chi connectivity index (χ4v) is 0.528. The molecule has 0 amide bonds. The Labute approximate surface area is 68.0 Å². The average Bonchev–Trinajstić information content (AvgIpc) is 2.00. The van der Waals surface area contributed by atoms with Gasteiger partial charge in [-0.1, -0.05) is 13.5 Å². The molecular formula is C7H10F4O. The Morgan fingerprint density at radius 2 is 1.75 bits per heavy atom. The molecule has 0 aromatic rings. The highest BCUT2D eigenvalue weighted by atomic mass is 19.3. The molecule has 0 aromatic heterocycles. The van der Waals surface area contributed by atoms with Gasteiger partial charge in [-0.3, -0.25) is 0 Å². The second-order valence-electron chi connectivity index (χ2n) is 2.24. The summed E-state index contributed by atoms with van der Waals surface area (Å²) >= 11 is 0. The van der Waals surface area contributed by atoms with Crippen LogP contribution in [0.15, 0.2) is 12.8 Å². The molecule has 0 heterocycles. The summed E-state index contributed by atoms with van der Waals surface area (Å²) in [4.78, 5) is 0. The second-order valence-corrected chi connectivity index (χ2v) is 2.24. The van der Waals surface area contributed by atoms with Gasteiger partial charge < -0.3 is 4.74 Å². The molecule has 0 spiro atoms. The molecule has 0 fully saturated rings. The van der Waals surface area contributed by atoms with E-state index in [9.17, 15) is 17.6 Å². The lowest BCUT2D eigenvalue weighted by Gasteiger charge is -2.24. The fourth-order valence-electron chi connectivity index (χ4n) is 0.528. The lowest BCUT2D eigenvalue weighted by molar-refractivity contribution is -0.226. The maximum atomic E-state index is 12.5. The van der Waals surface area contributed by atoms with Crippen molar-refractivity contribution in [2.24, 2.45) is 0 Å². The third-order valence-corrected chi connectivity index (χ3v) is 1.36. The number of ether oxygens (including phenoxy) is 1. The van der Waals surface area contributed by atoms with Crippen molar-refractivity contribution in [2.45, 2.75) is 25.2 Å². The van der Waals surface area contributed by atoms with Gasteiger partial charge in [0.25, 0.3) is 0 Å². The molecule has 0 saturated carbocycles. The maximum Gasteiger partial charge on any atom is 0.343 e. The first-order valence-electron chi connectivity index (χ1n) is 3.35. The quantitative estimate of drug-likeness (QED) is 0.473. The highest BCUT2D eigenvalue weighted by Crippen LogP contribution is 2.36. The Bertz CT molecular complexity index is 155. The van der Waals surface area contributed by atoms with Crippen molar-refractivity contribution in [3.05, 3.63) is 12.8 Å². The van der Waals surface area contributed by atoms with E-state index < -0.39 is 24.9 Å². The number of alkyl halides is 4. The summed E-state index contributed by atoms with van der Waals surface area (Å²) in [7, 11) is 0. The van der Waals surface area contributed by atoms with E-state index in [2.05, 4.69) is 11.3 Å². The maximum absolute atomic E-state index is 12.5. The van der Waals surface area contributed by atoms with Gasteiger partial charge >= 0.3 is 11.8 Å². The smallest absolute Gasteiger partial charge is 0.343 e. The number of halogens is 4. The van der Waals surface area contributed by atoms with Crippen LogP contribution in [0.3, 0.4) is 0 Å². The van der Waals surface area contributed by atoms with E-state index in [1.807, 2.05) is 0 Å². The molecule has 72 valence electrons. The molecular weight excluding hydrogens is 176 g/mol. The molecule has 0 radical (unpaired) electrons. The van der Waals surface area contributed by atoms with Crippen molar-refractivity contribution in [2.75, 3.05) is 6.61 Å². The van der Waals surface area contributed by atoms with Crippen molar-refractivity contribution < 1.29 is 22.3 Å². The number of rotatable bonds is 5. The van der Waals surface area contributed by atoms with Crippen molar-refractivity contribution >= 4 is 0 Å². The van der Waals surface area contributed by atoms with Crippen LogP contribution in [0.25, 0.3) is 0 Å². The van der Waals surface area contributed by atoms with Crippen LogP contribution in [-0.4, -0.2) is 18.5 Å². The highest BCUT2D eigenvalue weighted by molar-refractivity contribution is 4.83. The van der Waals surface area contributed by atoms with Gasteiger partial charge in [-0.25, -0.2) is 0 Å². The van der Waals surface area contributed by atoms with Gasteiger partial charge in [-0.2, -0.15) is 17.6 Å². The molecule has 0 saturated heterocycles. The van der Waals surface area contributed by atoms with Crippen molar-refractivity contribution in [1.82, 2.24) is 0 Å². The van der Waals surface area contributed by atoms with E-state index in [1.165, 1.54) is 0 Å². The zero-order valence-electron chi connectivity index (χ0n) is 6.62. The highest BCUT2D eigenvalue weighted by Gasteiger charge is 2.55. The Morgan fingerprint density at radius 1 is 1.25 bits per heavy atom. The molecule has 0 aromatic carbocycles. The molecule has 5 heteroatoms. The van der Waals surface area contributed by atoms with E-state index in [-0.39, 0.29) is 0 Å². The molecule has 0 aliphatic carbocycles. The lowest BCUT2D eigenvalue weighted by atomic mass is 10.1. The molecule has 0 bridgehead atoms. The topological polar surface area (TPSA) is 9.23 Å². The molecule has 0 atom stereocenters. The minimum atomic E-state index is -4.13. The Kier molecular flexibility index (Phi) is 3.55. The molecule has 0 aliphatic heterocycles. The predicted octanol–water partition coefficient (Wildman–Crippen LogP) is 2.83. The van der Waals surface area contributed by atoms with Crippen LogP contribution < -0.4 is 0 Å². The van der Waals surface area contributed by atoms with Crippen LogP contribution >= 0.6 is 0 Å². The van der Waals surface area contributed by atoms with Gasteiger partial charge in [0, 0.05) is 6.42 Å². The Balaban J connectivity index is 4.26. The van der Waals surface area contributed by atoms with Crippen LogP contribution in [0, 0.1) is 0 Å². The summed E-state index contributed by atoms with van der Waals surface area (Å²) in [6.07, 6.45) is -0.208. The van der Waals surface area contributed by atoms with Crippen molar-refractivity contribution in [1.29, 1.82) is 0 Å². The number of hydrogen-bond donors (Lipinski definition) is 0. The van der Waals surface area contributed by atoms with Crippen LogP contribution in [0.1, 0.15) is 13.3 Å². The van der Waals surface area contributed by atoms with Crippen LogP contribution in [-0.2, 0) is 4.74 Å². The van der Waals surface area contributed by atoms with Crippen molar-refractivity contribution in [3.8, 4) is 0 Å². The minimum Gasteiger partial charge on any atom is -0.495 e. The molecule has 0 aliphatic rings. The van der Waals surface area contributed by atoms with Gasteiger partial charge in [-0.15, -0.1) is 0 Å². The zero-order chi connectivity index (χ0) is 9.83. The third kappa shape index (κ3) is 2.39. The van der Waals surface area contributed by atoms with Gasteiger partial charge in [0.2, 0.25) is 0 Å². The first-order chi connectivity index (χ1) is 5.37. The first kappa shape index (κ1) is 11.3. The molecule has 0 unspecified atom stereocenters. The predicted molar refractivity (Wildman–Crippen MR) is 36.3 cm³/mol. The van der Waals surface area contributed by atoms with E-state index >= 15 is 0 Å². The van der Waals surface area contributed by atoms with Crippen molar-refractivity contribution in [3.63, 3.8) is 0 Å². The van der Waals surface area contributed by atoms with Crippen LogP contribution in [0.4, 0.5) is 17.6 Å². The summed E-state index contributed by atoms with van der Waals surface area (Å²) in [6.45, 7) is 2.62. The standard InChI is InChI=1S/C7H10F4O/c1-3-6(8,9)7(10,11)5-12-4-2/h4H,2-3,5H2,1H3.